The van der Waals surface area contributed by atoms with Crippen LogP contribution >= 0.6 is 0 Å². The van der Waals surface area contributed by atoms with Crippen molar-refractivity contribution in [2.75, 3.05) is 0 Å². The molecular weight excluding hydrogens is 418 g/mol. The van der Waals surface area contributed by atoms with Gasteiger partial charge in [0.2, 0.25) is 5.91 Å². The summed E-state index contributed by atoms with van der Waals surface area (Å²) in [6.07, 6.45) is 25.4. The molecule has 0 spiro atoms. The number of hydrogen-bond acceptors (Lipinski definition) is 5. The number of carbonyl (C=O) groups excluding carboxylic acids is 1. The molecule has 0 bridgehead atoms. The van der Waals surface area contributed by atoms with E-state index in [9.17, 15) is 4.79 Å². The summed E-state index contributed by atoms with van der Waals surface area (Å²) in [6.45, 7) is 4.57. The van der Waals surface area contributed by atoms with Crippen molar-refractivity contribution >= 4 is 5.91 Å². The van der Waals surface area contributed by atoms with Crippen molar-refractivity contribution in [3.63, 3.8) is 0 Å². The van der Waals surface area contributed by atoms with Crippen LogP contribution in [0.1, 0.15) is 149 Å². The summed E-state index contributed by atoms with van der Waals surface area (Å²) in [6, 6.07) is 0. The van der Waals surface area contributed by atoms with Crippen LogP contribution in [0.5, 0.6) is 0 Å². The molecule has 0 saturated carbocycles. The predicted octanol–water partition coefficient (Wildman–Crippen LogP) is 6.47. The Bertz CT molecular complexity index is 425. The summed E-state index contributed by atoms with van der Waals surface area (Å²) in [4.78, 5) is 11.9. The lowest BCUT2D eigenvalue weighted by Crippen LogP contribution is -2.39. The molecule has 1 atom stereocenters. The van der Waals surface area contributed by atoms with E-state index >= 15 is 0 Å². The topological polar surface area (TPSA) is 99.0 Å². The van der Waals surface area contributed by atoms with Crippen molar-refractivity contribution in [3.8, 4) is 0 Å². The van der Waals surface area contributed by atoms with E-state index in [0.717, 1.165) is 19.3 Å². The van der Waals surface area contributed by atoms with Gasteiger partial charge >= 0.3 is 12.6 Å². The second-order valence-corrected chi connectivity index (χ2v) is 9.52. The van der Waals surface area contributed by atoms with E-state index in [2.05, 4.69) is 12.2 Å². The van der Waals surface area contributed by atoms with Crippen LogP contribution in [0.2, 0.25) is 0 Å². The molecule has 1 unspecified atom stereocenters. The van der Waals surface area contributed by atoms with Crippen LogP contribution in [0.15, 0.2) is 0 Å². The van der Waals surface area contributed by atoms with Crippen LogP contribution < -0.4 is 5.32 Å². The normalized spacial score (nSPS) is 12.6. The van der Waals surface area contributed by atoms with Gasteiger partial charge in [-0.05, 0) is 12.8 Å². The fraction of sp³-hybridized carbons (Fsp3) is 0.926. The molecule has 0 aliphatic rings. The first-order chi connectivity index (χ1) is 15.9. The van der Waals surface area contributed by atoms with E-state index in [1.807, 2.05) is 0 Å². The van der Waals surface area contributed by atoms with Gasteiger partial charge < -0.3 is 20.6 Å². The summed E-state index contributed by atoms with van der Waals surface area (Å²) in [5, 5.41) is 29.0. The summed E-state index contributed by atoms with van der Waals surface area (Å²) in [5.41, 5.74) is 0. The van der Waals surface area contributed by atoms with Crippen molar-refractivity contribution in [2.45, 2.75) is 161 Å². The zero-order valence-electron chi connectivity index (χ0n) is 21.7. The molecule has 1 amide bonds. The van der Waals surface area contributed by atoms with Crippen LogP contribution in [0, 0.1) is 6.61 Å². The quantitative estimate of drug-likeness (QED) is 0.0693. The molecule has 4 N–H and O–H groups in total. The molecule has 6 heteroatoms. The van der Waals surface area contributed by atoms with Crippen molar-refractivity contribution in [1.82, 2.24) is 5.32 Å². The summed E-state index contributed by atoms with van der Waals surface area (Å²) in [7, 11) is 0. The van der Waals surface area contributed by atoms with E-state index < -0.39 is 12.2 Å². The third kappa shape index (κ3) is 25.6. The molecule has 0 aromatic rings. The van der Waals surface area contributed by atoms with E-state index in [4.69, 9.17) is 20.1 Å². The van der Waals surface area contributed by atoms with Crippen LogP contribution in [0.3, 0.4) is 0 Å². The molecule has 196 valence electrons. The van der Waals surface area contributed by atoms with Gasteiger partial charge in [0.1, 0.15) is 0 Å². The number of ether oxygens (including phenoxy) is 1. The molecule has 0 heterocycles. The Morgan fingerprint density at radius 2 is 1.06 bits per heavy atom. The lowest BCUT2D eigenvalue weighted by atomic mass is 10.0. The van der Waals surface area contributed by atoms with Crippen LogP contribution in [0.4, 0.5) is 0 Å². The molecule has 0 fully saturated rings. The molecule has 0 aliphatic heterocycles. The second-order valence-electron chi connectivity index (χ2n) is 9.52. The smallest absolute Gasteiger partial charge is 0.327 e. The molecule has 0 aromatic heterocycles. The van der Waals surface area contributed by atoms with Gasteiger partial charge in [0.25, 0.3) is 0 Å². The third-order valence-electron chi connectivity index (χ3n) is 6.09. The van der Waals surface area contributed by atoms with Crippen molar-refractivity contribution in [3.05, 3.63) is 6.61 Å². The monoisotopic (exact) mass is 472 g/mol. The first-order valence-corrected chi connectivity index (χ1v) is 13.8. The highest BCUT2D eigenvalue weighted by Crippen LogP contribution is 2.15. The van der Waals surface area contributed by atoms with Gasteiger partial charge in [-0.3, -0.25) is 4.79 Å². The van der Waals surface area contributed by atoms with Gasteiger partial charge in [-0.15, -0.1) is 0 Å². The van der Waals surface area contributed by atoms with E-state index in [1.165, 1.54) is 103 Å². The SMILES string of the molecule is CCCCCCCCCCCCCCCCCCCCCC(=O)NC(CC)O[CH+]C(O)(O)O. The predicted molar refractivity (Wildman–Crippen MR) is 135 cm³/mol. The van der Waals surface area contributed by atoms with Crippen LogP contribution in [0.25, 0.3) is 0 Å². The summed E-state index contributed by atoms with van der Waals surface area (Å²) in [5.74, 6) is -3.12. The number of hydrogen-bond donors (Lipinski definition) is 4. The highest BCUT2D eigenvalue weighted by atomic mass is 16.7. The first-order valence-electron chi connectivity index (χ1n) is 13.8. The highest BCUT2D eigenvalue weighted by molar-refractivity contribution is 5.75. The second kappa shape index (κ2) is 22.9. The zero-order chi connectivity index (χ0) is 24.6. The molecule has 0 aliphatic carbocycles. The van der Waals surface area contributed by atoms with Gasteiger partial charge in [0.05, 0.1) is 0 Å². The van der Waals surface area contributed by atoms with Gasteiger partial charge in [-0.2, -0.15) is 4.74 Å². The Morgan fingerprint density at radius 3 is 1.39 bits per heavy atom. The Morgan fingerprint density at radius 1 is 0.697 bits per heavy atom. The number of amides is 1. The van der Waals surface area contributed by atoms with Crippen molar-refractivity contribution in [2.24, 2.45) is 0 Å². The summed E-state index contributed by atoms with van der Waals surface area (Å²) >= 11 is 0. The number of unbranched alkanes of at least 4 members (excludes halogenated alkanes) is 18. The zero-order valence-corrected chi connectivity index (χ0v) is 21.7. The standard InChI is InChI=1S/C27H53NO5/c1-3-5-6-7-8-9-10-11-12-13-14-15-16-17-18-19-20-21-22-23-25(29)28-26(4-2)33-24-27(30,31)32/h24,26,30-32H,3-23H2,1-2H3/p+1. The Hall–Kier alpha value is -0.820. The van der Waals surface area contributed by atoms with E-state index in [0.29, 0.717) is 19.4 Å². The first kappa shape index (κ1) is 32.2. The van der Waals surface area contributed by atoms with Crippen molar-refractivity contribution < 1.29 is 24.9 Å². The molecule has 0 rings (SSSR count). The number of aliphatic hydroxyl groups is 3. The van der Waals surface area contributed by atoms with E-state index in [-0.39, 0.29) is 5.91 Å². The lowest BCUT2D eigenvalue weighted by molar-refractivity contribution is -0.311. The fourth-order valence-corrected chi connectivity index (χ4v) is 4.02. The minimum absolute atomic E-state index is 0.123. The lowest BCUT2D eigenvalue weighted by Gasteiger charge is -2.13. The maximum absolute atomic E-state index is 11.9. The number of rotatable bonds is 25. The van der Waals surface area contributed by atoms with Crippen LogP contribution in [-0.4, -0.2) is 33.4 Å². The molecular formula is C27H54NO5+. The fourth-order valence-electron chi connectivity index (χ4n) is 4.02. The largest absolute Gasteiger partial charge is 0.468 e. The maximum Gasteiger partial charge on any atom is 0.468 e. The molecule has 0 radical (unpaired) electrons. The Balaban J connectivity index is 3.32. The van der Waals surface area contributed by atoms with E-state index in [1.54, 1.807) is 6.92 Å². The minimum atomic E-state index is -2.99. The van der Waals surface area contributed by atoms with Gasteiger partial charge in [-0.1, -0.05) is 129 Å². The van der Waals surface area contributed by atoms with Gasteiger partial charge in [0.15, 0.2) is 6.23 Å². The van der Waals surface area contributed by atoms with Crippen molar-refractivity contribution in [1.29, 1.82) is 0 Å². The molecule has 6 nitrogen and oxygen atoms in total. The average Bonchev–Trinajstić information content (AvgIpc) is 2.77. The Labute approximate surface area is 203 Å². The number of carbonyl (C=O) groups is 1. The molecule has 0 aromatic carbocycles. The molecule has 33 heavy (non-hydrogen) atoms. The average molecular weight is 473 g/mol. The van der Waals surface area contributed by atoms with Gasteiger partial charge in [0, 0.05) is 6.42 Å². The minimum Gasteiger partial charge on any atom is -0.327 e. The number of nitrogens with one attached hydrogen (secondary N) is 1. The van der Waals surface area contributed by atoms with Gasteiger partial charge in [-0.25, -0.2) is 0 Å². The summed E-state index contributed by atoms with van der Waals surface area (Å²) < 4.78 is 4.96. The van der Waals surface area contributed by atoms with Crippen LogP contribution in [-0.2, 0) is 9.53 Å². The highest BCUT2D eigenvalue weighted by Gasteiger charge is 2.34. The Kier molecular flexibility index (Phi) is 22.4. The third-order valence-corrected chi connectivity index (χ3v) is 6.09. The maximum atomic E-state index is 11.9. The molecule has 0 saturated heterocycles.